The summed E-state index contributed by atoms with van der Waals surface area (Å²) in [6.07, 6.45) is 11.7. The summed E-state index contributed by atoms with van der Waals surface area (Å²) in [5, 5.41) is 0. The molecule has 1 aromatic carbocycles. The number of hydrogen-bond donors (Lipinski definition) is 0. The molecular weight excluding hydrogens is 232 g/mol. The van der Waals surface area contributed by atoms with Crippen LogP contribution in [0.25, 0.3) is 0 Å². The Balaban J connectivity index is 2.08. The lowest BCUT2D eigenvalue weighted by Gasteiger charge is -2.30. The number of hydrogen-bond acceptors (Lipinski definition) is 1. The first kappa shape index (κ1) is 14.3. The van der Waals surface area contributed by atoms with Crippen molar-refractivity contribution in [2.24, 2.45) is 11.8 Å². The number of benzene rings is 1. The van der Waals surface area contributed by atoms with E-state index >= 15 is 0 Å². The van der Waals surface area contributed by atoms with Gasteiger partial charge < -0.3 is 0 Å². The summed E-state index contributed by atoms with van der Waals surface area (Å²) < 4.78 is 0. The van der Waals surface area contributed by atoms with Crippen LogP contribution >= 0.6 is 0 Å². The van der Waals surface area contributed by atoms with Gasteiger partial charge in [0.1, 0.15) is 6.29 Å². The Bertz CT molecular complexity index is 390. The molecule has 0 aromatic heterocycles. The normalized spacial score (nSPS) is 18.2. The minimum atomic E-state index is 0.770. The van der Waals surface area contributed by atoms with E-state index in [1.807, 2.05) is 12.1 Å². The van der Waals surface area contributed by atoms with Gasteiger partial charge in [0.05, 0.1) is 0 Å². The Morgan fingerprint density at radius 3 is 2.63 bits per heavy atom. The van der Waals surface area contributed by atoms with Crippen LogP contribution in [-0.2, 0) is 6.42 Å². The molecule has 1 aliphatic rings. The number of carbonyl (C=O) groups is 1. The molecule has 0 saturated heterocycles. The first-order valence-electron chi connectivity index (χ1n) is 7.88. The van der Waals surface area contributed by atoms with Crippen molar-refractivity contribution in [3.63, 3.8) is 0 Å². The van der Waals surface area contributed by atoms with Crippen LogP contribution in [0.3, 0.4) is 0 Å². The van der Waals surface area contributed by atoms with Crippen LogP contribution in [0.15, 0.2) is 24.3 Å². The largest absolute Gasteiger partial charge is 0.298 e. The molecule has 19 heavy (non-hydrogen) atoms. The molecular formula is C18H26O. The van der Waals surface area contributed by atoms with Gasteiger partial charge in [-0.15, -0.1) is 0 Å². The summed E-state index contributed by atoms with van der Waals surface area (Å²) >= 11 is 0. The zero-order valence-electron chi connectivity index (χ0n) is 12.1. The van der Waals surface area contributed by atoms with Crippen LogP contribution in [0.2, 0.25) is 0 Å². The minimum absolute atomic E-state index is 0.770. The summed E-state index contributed by atoms with van der Waals surface area (Å²) in [5.41, 5.74) is 2.14. The highest BCUT2D eigenvalue weighted by atomic mass is 16.1. The van der Waals surface area contributed by atoms with Gasteiger partial charge in [-0.3, -0.25) is 4.79 Å². The molecule has 1 aromatic rings. The van der Waals surface area contributed by atoms with Crippen molar-refractivity contribution in [3.05, 3.63) is 35.4 Å². The second-order valence-electron chi connectivity index (χ2n) is 5.97. The lowest BCUT2D eigenvalue weighted by molar-refractivity contribution is 0.112. The van der Waals surface area contributed by atoms with E-state index in [4.69, 9.17) is 0 Å². The molecule has 2 rings (SSSR count). The standard InChI is InChI=1S/C18H26O/c1-2-8-16(15-9-4-3-5-10-15)13-17-11-6-7-12-18(17)14-19/h6-7,11-12,14-16H,2-5,8-10,13H2,1H3. The van der Waals surface area contributed by atoms with Gasteiger partial charge in [0.2, 0.25) is 0 Å². The fourth-order valence-electron chi connectivity index (χ4n) is 3.60. The Hall–Kier alpha value is -1.11. The van der Waals surface area contributed by atoms with Crippen molar-refractivity contribution < 1.29 is 4.79 Å². The van der Waals surface area contributed by atoms with E-state index in [1.54, 1.807) is 0 Å². The third-order valence-corrected chi connectivity index (χ3v) is 4.64. The number of carbonyl (C=O) groups excluding carboxylic acids is 1. The quantitative estimate of drug-likeness (QED) is 0.653. The molecule has 0 spiro atoms. The van der Waals surface area contributed by atoms with Crippen LogP contribution < -0.4 is 0 Å². The molecule has 1 fully saturated rings. The Morgan fingerprint density at radius 2 is 1.95 bits per heavy atom. The summed E-state index contributed by atoms with van der Waals surface area (Å²) in [7, 11) is 0. The Morgan fingerprint density at radius 1 is 1.21 bits per heavy atom. The highest BCUT2D eigenvalue weighted by Gasteiger charge is 2.23. The molecule has 1 atom stereocenters. The van der Waals surface area contributed by atoms with Crippen molar-refractivity contribution >= 4 is 6.29 Å². The van der Waals surface area contributed by atoms with Gasteiger partial charge in [-0.1, -0.05) is 76.1 Å². The molecule has 1 aliphatic carbocycles. The molecule has 0 heterocycles. The van der Waals surface area contributed by atoms with Gasteiger partial charge >= 0.3 is 0 Å². The van der Waals surface area contributed by atoms with Gasteiger partial charge in [0.25, 0.3) is 0 Å². The molecule has 0 N–H and O–H groups in total. The molecule has 0 bridgehead atoms. The first-order valence-corrected chi connectivity index (χ1v) is 7.88. The summed E-state index contributed by atoms with van der Waals surface area (Å²) in [4.78, 5) is 11.1. The van der Waals surface area contributed by atoms with E-state index in [9.17, 15) is 4.79 Å². The third kappa shape index (κ3) is 3.92. The van der Waals surface area contributed by atoms with Gasteiger partial charge in [-0.05, 0) is 23.8 Å². The Kier molecular flexibility index (Phi) is 5.62. The summed E-state index contributed by atoms with van der Waals surface area (Å²) in [6, 6.07) is 8.11. The van der Waals surface area contributed by atoms with Gasteiger partial charge in [0.15, 0.2) is 0 Å². The third-order valence-electron chi connectivity index (χ3n) is 4.64. The average Bonchev–Trinajstić information content (AvgIpc) is 2.48. The lowest BCUT2D eigenvalue weighted by atomic mass is 9.75. The van der Waals surface area contributed by atoms with Crippen molar-refractivity contribution in [1.82, 2.24) is 0 Å². The van der Waals surface area contributed by atoms with E-state index in [0.29, 0.717) is 0 Å². The van der Waals surface area contributed by atoms with Crippen molar-refractivity contribution in [2.75, 3.05) is 0 Å². The number of rotatable bonds is 6. The van der Waals surface area contributed by atoms with Crippen molar-refractivity contribution in [1.29, 1.82) is 0 Å². The summed E-state index contributed by atoms with van der Waals surface area (Å²) in [5.74, 6) is 1.65. The predicted molar refractivity (Wildman–Crippen MR) is 80.5 cm³/mol. The van der Waals surface area contributed by atoms with Crippen LogP contribution in [-0.4, -0.2) is 6.29 Å². The maximum Gasteiger partial charge on any atom is 0.150 e. The molecule has 0 aliphatic heterocycles. The highest BCUT2D eigenvalue weighted by molar-refractivity contribution is 5.77. The maximum absolute atomic E-state index is 11.1. The lowest BCUT2D eigenvalue weighted by Crippen LogP contribution is -2.20. The molecule has 0 amide bonds. The molecule has 0 radical (unpaired) electrons. The molecule has 1 unspecified atom stereocenters. The second kappa shape index (κ2) is 7.47. The van der Waals surface area contributed by atoms with E-state index in [2.05, 4.69) is 19.1 Å². The first-order chi connectivity index (χ1) is 9.35. The number of aldehydes is 1. The second-order valence-corrected chi connectivity index (χ2v) is 5.97. The van der Waals surface area contributed by atoms with Crippen molar-refractivity contribution in [2.45, 2.75) is 58.3 Å². The fourth-order valence-corrected chi connectivity index (χ4v) is 3.60. The van der Waals surface area contributed by atoms with E-state index in [-0.39, 0.29) is 0 Å². The topological polar surface area (TPSA) is 17.1 Å². The zero-order valence-corrected chi connectivity index (χ0v) is 12.1. The molecule has 1 saturated carbocycles. The fraction of sp³-hybridized carbons (Fsp3) is 0.611. The van der Waals surface area contributed by atoms with Gasteiger partial charge in [-0.2, -0.15) is 0 Å². The van der Waals surface area contributed by atoms with Crippen LogP contribution in [0.4, 0.5) is 0 Å². The average molecular weight is 258 g/mol. The minimum Gasteiger partial charge on any atom is -0.298 e. The van der Waals surface area contributed by atoms with E-state index in [1.165, 1.54) is 50.5 Å². The summed E-state index contributed by atoms with van der Waals surface area (Å²) in [6.45, 7) is 2.28. The SMILES string of the molecule is CCCC(Cc1ccccc1C=O)C1CCCCC1. The van der Waals surface area contributed by atoms with Gasteiger partial charge in [-0.25, -0.2) is 0 Å². The molecule has 1 heteroatoms. The van der Waals surface area contributed by atoms with Crippen LogP contribution in [0.1, 0.15) is 67.8 Å². The maximum atomic E-state index is 11.1. The molecule has 104 valence electrons. The zero-order chi connectivity index (χ0) is 13.5. The van der Waals surface area contributed by atoms with E-state index < -0.39 is 0 Å². The van der Waals surface area contributed by atoms with Crippen LogP contribution in [0.5, 0.6) is 0 Å². The predicted octanol–water partition coefficient (Wildman–Crippen LogP) is 5.04. The van der Waals surface area contributed by atoms with Gasteiger partial charge in [0, 0.05) is 5.56 Å². The van der Waals surface area contributed by atoms with E-state index in [0.717, 1.165) is 30.1 Å². The van der Waals surface area contributed by atoms with Crippen molar-refractivity contribution in [3.8, 4) is 0 Å². The van der Waals surface area contributed by atoms with Crippen LogP contribution in [0, 0.1) is 11.8 Å². The highest BCUT2D eigenvalue weighted by Crippen LogP contribution is 2.34. The smallest absolute Gasteiger partial charge is 0.150 e. The Labute approximate surface area is 117 Å². The monoisotopic (exact) mass is 258 g/mol. The molecule has 1 nitrogen and oxygen atoms in total.